The van der Waals surface area contributed by atoms with E-state index in [0.717, 1.165) is 88.7 Å². The molecular weight excluding hydrogens is 580 g/mol. The molecule has 0 radical (unpaired) electrons. The number of furan rings is 2. The normalized spacial score (nSPS) is 14.8. The minimum atomic E-state index is -0.506. The molecule has 224 valence electrons. The van der Waals surface area contributed by atoms with Gasteiger partial charge >= 0.3 is 0 Å². The molecule has 1 aliphatic rings. The molecule has 1 aliphatic heterocycles. The van der Waals surface area contributed by atoms with Crippen LogP contribution in [0.3, 0.4) is 0 Å². The summed E-state index contributed by atoms with van der Waals surface area (Å²) in [5.41, 5.74) is 8.58. The highest BCUT2D eigenvalue weighted by Crippen LogP contribution is 2.40. The molecule has 2 N–H and O–H groups in total. The molecule has 9 rings (SSSR count). The number of para-hydroxylation sites is 1. The molecule has 0 saturated heterocycles. The molecule has 0 amide bonds. The van der Waals surface area contributed by atoms with Crippen LogP contribution in [0, 0.1) is 12.3 Å². The lowest BCUT2D eigenvalue weighted by atomic mass is 9.93. The van der Waals surface area contributed by atoms with E-state index < -0.39 is 6.17 Å². The van der Waals surface area contributed by atoms with Crippen LogP contribution in [0.4, 0.5) is 0 Å². The average molecular weight is 609 g/mol. The van der Waals surface area contributed by atoms with Crippen molar-refractivity contribution in [2.75, 3.05) is 0 Å². The highest BCUT2D eigenvalue weighted by molar-refractivity contribution is 6.18. The summed E-state index contributed by atoms with van der Waals surface area (Å²) in [6.45, 7) is 1.98. The van der Waals surface area contributed by atoms with Gasteiger partial charge in [-0.3, -0.25) is 0 Å². The van der Waals surface area contributed by atoms with Crippen LogP contribution in [-0.2, 0) is 0 Å². The van der Waals surface area contributed by atoms with Gasteiger partial charge in [-0.1, -0.05) is 103 Å². The fourth-order valence-electron chi connectivity index (χ4n) is 6.85. The maximum absolute atomic E-state index is 7.84. The van der Waals surface area contributed by atoms with E-state index in [2.05, 4.69) is 84.2 Å². The Morgan fingerprint density at radius 3 is 2.17 bits per heavy atom. The highest BCUT2D eigenvalue weighted by atomic mass is 16.3. The average Bonchev–Trinajstić information content (AvgIpc) is 3.68. The molecule has 1 unspecified atom stereocenters. The Labute approximate surface area is 270 Å². The first kappa shape index (κ1) is 27.1. The van der Waals surface area contributed by atoms with Gasteiger partial charge in [0.25, 0.3) is 0 Å². The van der Waals surface area contributed by atoms with E-state index in [1.54, 1.807) is 0 Å². The first-order valence-electron chi connectivity index (χ1n) is 15.6. The second-order valence-corrected chi connectivity index (χ2v) is 11.8. The Morgan fingerprint density at radius 2 is 1.32 bits per heavy atom. The van der Waals surface area contributed by atoms with Gasteiger partial charge in [-0.15, -0.1) is 0 Å². The van der Waals surface area contributed by atoms with E-state index in [0.29, 0.717) is 5.76 Å². The molecule has 0 aliphatic carbocycles. The summed E-state index contributed by atoms with van der Waals surface area (Å²) in [5.74, 6) is 2.03. The molecule has 3 heterocycles. The number of benzene rings is 6. The quantitative estimate of drug-likeness (QED) is 0.191. The topological polar surface area (TPSA) is 86.9 Å². The summed E-state index contributed by atoms with van der Waals surface area (Å²) in [4.78, 5) is 10.3. The molecule has 0 fully saturated rings. The maximum atomic E-state index is 7.84. The summed E-state index contributed by atoms with van der Waals surface area (Å²) in [6, 6.07) is 43.5. The Bertz CT molecular complexity index is 2590. The first-order valence-corrected chi connectivity index (χ1v) is 15.6. The van der Waals surface area contributed by atoms with Crippen LogP contribution < -0.4 is 5.32 Å². The molecular formula is C41H28N4O2. The summed E-state index contributed by atoms with van der Waals surface area (Å²) in [7, 11) is 0. The van der Waals surface area contributed by atoms with Crippen molar-refractivity contribution in [1.82, 2.24) is 5.32 Å². The summed E-state index contributed by atoms with van der Waals surface area (Å²) in [6.07, 6.45) is 0.752. The zero-order valence-corrected chi connectivity index (χ0v) is 25.5. The molecule has 0 saturated carbocycles. The SMILES string of the molecule is Cc1c(C=N)oc2cccc(C3N=C(c4ccccc4)NC(c4ccc5c(-c6cccc7oc8ccccc8c67)cccc5c4)=N3)c12. The van der Waals surface area contributed by atoms with Crippen LogP contribution in [0.15, 0.2) is 146 Å². The standard InChI is InChI=1S/C41H28N4O2/c1-24-36(23-42)47-34-18-9-16-32(37(24)34)41-44-39(25-10-3-2-4-11-25)43-40(45-41)27-20-21-28-26(22-27)12-7-14-29(28)30-15-8-19-35-38(30)31-13-5-6-17-33(31)46-35/h2-23,41-42H,1H3,(H,43,44,45). The largest absolute Gasteiger partial charge is 0.456 e. The lowest BCUT2D eigenvalue weighted by Crippen LogP contribution is -2.36. The Hall–Kier alpha value is -6.27. The number of amidine groups is 2. The maximum Gasteiger partial charge on any atom is 0.170 e. The van der Waals surface area contributed by atoms with Crippen molar-refractivity contribution >= 4 is 61.6 Å². The van der Waals surface area contributed by atoms with Gasteiger partial charge < -0.3 is 19.6 Å². The van der Waals surface area contributed by atoms with Gasteiger partial charge in [-0.05, 0) is 53.1 Å². The third-order valence-electron chi connectivity index (χ3n) is 9.07. The van der Waals surface area contributed by atoms with E-state index in [1.165, 1.54) is 6.21 Å². The van der Waals surface area contributed by atoms with Crippen LogP contribution in [0.2, 0.25) is 0 Å². The van der Waals surface area contributed by atoms with E-state index in [1.807, 2.05) is 55.5 Å². The van der Waals surface area contributed by atoms with Gasteiger partial charge in [0.15, 0.2) is 6.17 Å². The van der Waals surface area contributed by atoms with Crippen LogP contribution in [0.1, 0.15) is 34.2 Å². The number of nitrogens with one attached hydrogen (secondary N) is 2. The minimum absolute atomic E-state index is 0.506. The molecule has 0 bridgehead atoms. The van der Waals surface area contributed by atoms with Gasteiger partial charge in [0, 0.05) is 38.4 Å². The fourth-order valence-corrected chi connectivity index (χ4v) is 6.85. The summed E-state index contributed by atoms with van der Waals surface area (Å²) in [5, 5.41) is 16.8. The molecule has 1 atom stereocenters. The molecule has 47 heavy (non-hydrogen) atoms. The minimum Gasteiger partial charge on any atom is -0.456 e. The molecule has 6 nitrogen and oxygen atoms in total. The fraction of sp³-hybridized carbons (Fsp3) is 0.0488. The van der Waals surface area contributed by atoms with Crippen LogP contribution in [0.5, 0.6) is 0 Å². The number of rotatable bonds is 5. The van der Waals surface area contributed by atoms with Crippen molar-refractivity contribution in [1.29, 1.82) is 5.41 Å². The third kappa shape index (κ3) is 4.37. The zero-order valence-electron chi connectivity index (χ0n) is 25.5. The lowest BCUT2D eigenvalue weighted by molar-refractivity contribution is 0.604. The van der Waals surface area contributed by atoms with Gasteiger partial charge in [0.1, 0.15) is 34.2 Å². The Balaban J connectivity index is 1.19. The van der Waals surface area contributed by atoms with Gasteiger partial charge in [-0.25, -0.2) is 9.98 Å². The number of hydrogen-bond donors (Lipinski definition) is 2. The molecule has 6 aromatic carbocycles. The predicted octanol–water partition coefficient (Wildman–Crippen LogP) is 9.95. The van der Waals surface area contributed by atoms with Crippen molar-refractivity contribution in [3.05, 3.63) is 155 Å². The predicted molar refractivity (Wildman–Crippen MR) is 191 cm³/mol. The Kier molecular flexibility index (Phi) is 6.15. The van der Waals surface area contributed by atoms with E-state index in [9.17, 15) is 0 Å². The number of aliphatic imine (C=N–C) groups is 2. The van der Waals surface area contributed by atoms with Gasteiger partial charge in [-0.2, -0.15) is 0 Å². The summed E-state index contributed by atoms with van der Waals surface area (Å²) < 4.78 is 12.2. The van der Waals surface area contributed by atoms with E-state index in [4.69, 9.17) is 24.2 Å². The molecule has 6 heteroatoms. The highest BCUT2D eigenvalue weighted by Gasteiger charge is 2.25. The monoisotopic (exact) mass is 608 g/mol. The second kappa shape index (κ2) is 10.7. The molecule has 8 aromatic rings. The van der Waals surface area contributed by atoms with E-state index in [-0.39, 0.29) is 0 Å². The second-order valence-electron chi connectivity index (χ2n) is 11.8. The number of nitrogens with zero attached hydrogens (tertiary/aromatic N) is 2. The third-order valence-corrected chi connectivity index (χ3v) is 9.07. The van der Waals surface area contributed by atoms with Crippen molar-refractivity contribution in [2.24, 2.45) is 9.98 Å². The van der Waals surface area contributed by atoms with Crippen molar-refractivity contribution in [2.45, 2.75) is 13.1 Å². The van der Waals surface area contributed by atoms with Crippen molar-refractivity contribution < 1.29 is 8.83 Å². The number of hydrogen-bond acceptors (Lipinski definition) is 6. The van der Waals surface area contributed by atoms with Gasteiger partial charge in [0.2, 0.25) is 0 Å². The first-order chi connectivity index (χ1) is 23.2. The van der Waals surface area contributed by atoms with E-state index >= 15 is 0 Å². The summed E-state index contributed by atoms with van der Waals surface area (Å²) >= 11 is 0. The molecule has 2 aromatic heterocycles. The Morgan fingerprint density at radius 1 is 0.617 bits per heavy atom. The van der Waals surface area contributed by atoms with Crippen molar-refractivity contribution in [3.63, 3.8) is 0 Å². The van der Waals surface area contributed by atoms with Crippen LogP contribution in [0.25, 0.3) is 54.8 Å². The van der Waals surface area contributed by atoms with Crippen molar-refractivity contribution in [3.8, 4) is 11.1 Å². The number of aryl methyl sites for hydroxylation is 1. The molecule has 0 spiro atoms. The van der Waals surface area contributed by atoms with Crippen LogP contribution >= 0.6 is 0 Å². The lowest BCUT2D eigenvalue weighted by Gasteiger charge is -2.23. The van der Waals surface area contributed by atoms with Gasteiger partial charge in [0.05, 0.1) is 6.21 Å². The zero-order chi connectivity index (χ0) is 31.5. The smallest absolute Gasteiger partial charge is 0.170 e. The number of fused-ring (bicyclic) bond motifs is 5. The van der Waals surface area contributed by atoms with Crippen LogP contribution in [-0.4, -0.2) is 17.9 Å².